The molecule has 0 aliphatic carbocycles. The summed E-state index contributed by atoms with van der Waals surface area (Å²) in [5, 5.41) is 4.31. The summed E-state index contributed by atoms with van der Waals surface area (Å²) in [5.41, 5.74) is 2.91. The highest BCUT2D eigenvalue weighted by molar-refractivity contribution is 7.99. The number of carbonyl (C=O) groups excluding carboxylic acids is 1. The summed E-state index contributed by atoms with van der Waals surface area (Å²) in [4.78, 5) is 30.3. The zero-order valence-electron chi connectivity index (χ0n) is 18.0. The lowest BCUT2D eigenvalue weighted by Crippen LogP contribution is -2.30. The predicted octanol–water partition coefficient (Wildman–Crippen LogP) is 4.72. The van der Waals surface area contributed by atoms with E-state index in [2.05, 4.69) is 55.3 Å². The molecule has 1 N–H and O–H groups in total. The quantitative estimate of drug-likeness (QED) is 0.421. The van der Waals surface area contributed by atoms with Gasteiger partial charge in [0.05, 0.1) is 22.7 Å². The van der Waals surface area contributed by atoms with Crippen LogP contribution >= 0.6 is 11.8 Å². The molecule has 1 heterocycles. The molecule has 30 heavy (non-hydrogen) atoms. The van der Waals surface area contributed by atoms with Gasteiger partial charge >= 0.3 is 0 Å². The highest BCUT2D eigenvalue weighted by Crippen LogP contribution is 2.21. The second kappa shape index (κ2) is 9.94. The number of rotatable bonds is 8. The van der Waals surface area contributed by atoms with Gasteiger partial charge in [-0.15, -0.1) is 0 Å². The fraction of sp³-hybridized carbons (Fsp3) is 0.375. The predicted molar refractivity (Wildman–Crippen MR) is 124 cm³/mol. The van der Waals surface area contributed by atoms with Crippen LogP contribution in [0.4, 0.5) is 0 Å². The molecule has 0 aliphatic heterocycles. The molecule has 2 aromatic carbocycles. The van der Waals surface area contributed by atoms with Crippen molar-refractivity contribution >= 4 is 28.6 Å². The molecule has 0 fully saturated rings. The Hall–Kier alpha value is -2.60. The number of aryl methyl sites for hydroxylation is 1. The summed E-state index contributed by atoms with van der Waals surface area (Å²) >= 11 is 1.32. The van der Waals surface area contributed by atoms with Gasteiger partial charge in [-0.1, -0.05) is 74.5 Å². The average Bonchev–Trinajstić information content (AvgIpc) is 2.73. The molecule has 0 spiro atoms. The first-order valence-corrected chi connectivity index (χ1v) is 11.4. The van der Waals surface area contributed by atoms with Crippen molar-refractivity contribution in [2.24, 2.45) is 5.92 Å². The van der Waals surface area contributed by atoms with Crippen LogP contribution in [-0.2, 0) is 11.3 Å². The van der Waals surface area contributed by atoms with E-state index < -0.39 is 0 Å². The number of aromatic nitrogens is 2. The van der Waals surface area contributed by atoms with Crippen molar-refractivity contribution in [3.8, 4) is 0 Å². The third-order valence-corrected chi connectivity index (χ3v) is 5.91. The van der Waals surface area contributed by atoms with Gasteiger partial charge in [-0.2, -0.15) is 0 Å². The van der Waals surface area contributed by atoms with E-state index in [0.717, 1.165) is 12.0 Å². The lowest BCUT2D eigenvalue weighted by atomic mass is 10.0. The minimum Gasteiger partial charge on any atom is -0.349 e. The molecule has 5 nitrogen and oxygen atoms in total. The summed E-state index contributed by atoms with van der Waals surface area (Å²) in [7, 11) is 0. The van der Waals surface area contributed by atoms with Crippen LogP contribution in [0, 0.1) is 12.8 Å². The summed E-state index contributed by atoms with van der Waals surface area (Å²) in [6, 6.07) is 15.6. The van der Waals surface area contributed by atoms with Crippen molar-refractivity contribution in [1.82, 2.24) is 14.9 Å². The summed E-state index contributed by atoms with van der Waals surface area (Å²) in [5.74, 6) is 0.446. The molecule has 1 aromatic heterocycles. The molecule has 0 saturated carbocycles. The highest BCUT2D eigenvalue weighted by Gasteiger charge is 2.16. The monoisotopic (exact) mass is 423 g/mol. The number of benzene rings is 2. The van der Waals surface area contributed by atoms with Gasteiger partial charge in [-0.3, -0.25) is 14.2 Å². The van der Waals surface area contributed by atoms with Crippen LogP contribution in [0.1, 0.15) is 44.4 Å². The summed E-state index contributed by atoms with van der Waals surface area (Å²) in [6.07, 6.45) is 0.811. The average molecular weight is 424 g/mol. The number of hydrogen-bond donors (Lipinski definition) is 1. The summed E-state index contributed by atoms with van der Waals surface area (Å²) in [6.45, 7) is 8.81. The Balaban J connectivity index is 1.77. The van der Waals surface area contributed by atoms with E-state index in [0.29, 0.717) is 28.5 Å². The van der Waals surface area contributed by atoms with Gasteiger partial charge < -0.3 is 5.32 Å². The standard InChI is InChI=1S/C24H29N3O2S/c1-5-20(18-12-10-17(4)11-13-18)25-22(28)15-30-24-26-21-9-7-6-8-19(21)23(29)27(24)14-16(2)3/h6-13,16,20H,5,14-15H2,1-4H3,(H,25,28)/t20-/m0/s1. The Morgan fingerprint density at radius 3 is 2.50 bits per heavy atom. The molecular formula is C24H29N3O2S. The van der Waals surface area contributed by atoms with E-state index >= 15 is 0 Å². The van der Waals surface area contributed by atoms with Crippen LogP contribution in [0.15, 0.2) is 58.5 Å². The largest absolute Gasteiger partial charge is 0.349 e. The zero-order valence-corrected chi connectivity index (χ0v) is 18.8. The van der Waals surface area contributed by atoms with Gasteiger partial charge in [0.15, 0.2) is 5.16 Å². The van der Waals surface area contributed by atoms with Crippen molar-refractivity contribution in [3.63, 3.8) is 0 Å². The van der Waals surface area contributed by atoms with Gasteiger partial charge in [-0.05, 0) is 37.0 Å². The molecule has 1 amide bonds. The van der Waals surface area contributed by atoms with Crippen LogP contribution in [0.3, 0.4) is 0 Å². The molecule has 1 atom stereocenters. The highest BCUT2D eigenvalue weighted by atomic mass is 32.2. The molecule has 0 radical (unpaired) electrons. The molecule has 3 rings (SSSR count). The van der Waals surface area contributed by atoms with Crippen LogP contribution in [0.2, 0.25) is 0 Å². The van der Waals surface area contributed by atoms with Crippen molar-refractivity contribution in [2.45, 2.75) is 51.9 Å². The van der Waals surface area contributed by atoms with Gasteiger partial charge in [0.1, 0.15) is 0 Å². The zero-order chi connectivity index (χ0) is 21.7. The maximum absolute atomic E-state index is 13.0. The Bertz CT molecular complexity index is 1070. The first kappa shape index (κ1) is 22.1. The van der Waals surface area contributed by atoms with E-state index in [4.69, 9.17) is 0 Å². The smallest absolute Gasteiger partial charge is 0.262 e. The Kier molecular flexibility index (Phi) is 7.32. The molecule has 3 aromatic rings. The van der Waals surface area contributed by atoms with E-state index in [1.54, 1.807) is 10.6 Å². The van der Waals surface area contributed by atoms with Crippen LogP contribution in [0.25, 0.3) is 10.9 Å². The molecule has 0 bridgehead atoms. The van der Waals surface area contributed by atoms with Crippen molar-refractivity contribution < 1.29 is 4.79 Å². The van der Waals surface area contributed by atoms with Crippen molar-refractivity contribution in [1.29, 1.82) is 0 Å². The number of nitrogens with zero attached hydrogens (tertiary/aromatic N) is 2. The van der Waals surface area contributed by atoms with Gasteiger partial charge in [0, 0.05) is 6.54 Å². The van der Waals surface area contributed by atoms with Crippen LogP contribution in [0.5, 0.6) is 0 Å². The number of thioether (sulfide) groups is 1. The van der Waals surface area contributed by atoms with Gasteiger partial charge in [0.2, 0.25) is 5.91 Å². The lowest BCUT2D eigenvalue weighted by Gasteiger charge is -2.18. The van der Waals surface area contributed by atoms with E-state index in [9.17, 15) is 9.59 Å². The Labute approximate surface area is 181 Å². The van der Waals surface area contributed by atoms with E-state index in [1.165, 1.54) is 17.3 Å². The first-order valence-electron chi connectivity index (χ1n) is 10.4. The Morgan fingerprint density at radius 2 is 1.83 bits per heavy atom. The molecule has 0 unspecified atom stereocenters. The minimum atomic E-state index is -0.0640. The molecule has 0 aliphatic rings. The van der Waals surface area contributed by atoms with Crippen molar-refractivity contribution in [2.75, 3.05) is 5.75 Å². The maximum Gasteiger partial charge on any atom is 0.262 e. The third-order valence-electron chi connectivity index (χ3n) is 4.93. The number of carbonyl (C=O) groups is 1. The van der Waals surface area contributed by atoms with E-state index in [1.807, 2.05) is 25.1 Å². The van der Waals surface area contributed by atoms with Crippen molar-refractivity contribution in [3.05, 3.63) is 70.0 Å². The molecule has 0 saturated heterocycles. The normalized spacial score (nSPS) is 12.3. The van der Waals surface area contributed by atoms with E-state index in [-0.39, 0.29) is 23.3 Å². The number of amides is 1. The summed E-state index contributed by atoms with van der Waals surface area (Å²) < 4.78 is 1.70. The maximum atomic E-state index is 13.0. The first-order chi connectivity index (χ1) is 14.4. The lowest BCUT2D eigenvalue weighted by molar-refractivity contribution is -0.119. The minimum absolute atomic E-state index is 0.0267. The molecule has 158 valence electrons. The topological polar surface area (TPSA) is 64.0 Å². The number of hydrogen-bond acceptors (Lipinski definition) is 4. The Morgan fingerprint density at radius 1 is 1.13 bits per heavy atom. The number of fused-ring (bicyclic) bond motifs is 1. The second-order valence-electron chi connectivity index (χ2n) is 7.95. The van der Waals surface area contributed by atoms with Gasteiger partial charge in [0.25, 0.3) is 5.56 Å². The SMILES string of the molecule is CC[C@H](NC(=O)CSc1nc2ccccc2c(=O)n1CC(C)C)c1ccc(C)cc1. The van der Waals surface area contributed by atoms with Crippen LogP contribution in [-0.4, -0.2) is 21.2 Å². The fourth-order valence-corrected chi connectivity index (χ4v) is 4.19. The van der Waals surface area contributed by atoms with Crippen LogP contribution < -0.4 is 10.9 Å². The second-order valence-corrected chi connectivity index (χ2v) is 8.89. The number of nitrogens with one attached hydrogen (secondary N) is 1. The fourth-order valence-electron chi connectivity index (χ4n) is 3.37. The number of para-hydroxylation sites is 1. The molecule has 6 heteroatoms. The third kappa shape index (κ3) is 5.30. The molecular weight excluding hydrogens is 394 g/mol. The van der Waals surface area contributed by atoms with Gasteiger partial charge in [-0.25, -0.2) is 4.98 Å².